The van der Waals surface area contributed by atoms with Gasteiger partial charge in [0.1, 0.15) is 0 Å². The molecule has 1 saturated carbocycles. The molecule has 6 rings (SSSR count). The van der Waals surface area contributed by atoms with Gasteiger partial charge in [-0.05, 0) is 72.4 Å². The van der Waals surface area contributed by atoms with E-state index in [-0.39, 0.29) is 17.7 Å². The highest BCUT2D eigenvalue weighted by Gasteiger charge is 2.24. The van der Waals surface area contributed by atoms with Gasteiger partial charge in [-0.1, -0.05) is 85.1 Å². The summed E-state index contributed by atoms with van der Waals surface area (Å²) in [6.45, 7) is 0.552. The van der Waals surface area contributed by atoms with E-state index in [0.717, 1.165) is 24.0 Å². The van der Waals surface area contributed by atoms with Crippen LogP contribution >= 0.6 is 11.6 Å². The zero-order chi connectivity index (χ0) is 29.8. The number of benzene rings is 4. The van der Waals surface area contributed by atoms with E-state index in [2.05, 4.69) is 34.1 Å². The Kier molecular flexibility index (Phi) is 8.57. The van der Waals surface area contributed by atoms with Crippen molar-refractivity contribution in [3.8, 4) is 0 Å². The maximum absolute atomic E-state index is 13.3. The maximum atomic E-state index is 13.3. The number of rotatable bonds is 9. The van der Waals surface area contributed by atoms with Crippen molar-refractivity contribution in [3.63, 3.8) is 0 Å². The largest absolute Gasteiger partial charge is 0.315 e. The van der Waals surface area contributed by atoms with Crippen molar-refractivity contribution in [2.24, 2.45) is 5.92 Å². The first-order valence-electron chi connectivity index (χ1n) is 14.9. The van der Waals surface area contributed by atoms with Gasteiger partial charge in [0.25, 0.3) is 5.91 Å². The molecule has 2 amide bonds. The number of imidazole rings is 1. The van der Waals surface area contributed by atoms with Gasteiger partial charge in [-0.25, -0.2) is 4.98 Å². The fraction of sp³-hybridized carbons (Fsp3) is 0.250. The van der Waals surface area contributed by atoms with Crippen molar-refractivity contribution in [2.45, 2.75) is 44.6 Å². The van der Waals surface area contributed by atoms with Crippen LogP contribution in [0.4, 0.5) is 11.6 Å². The summed E-state index contributed by atoms with van der Waals surface area (Å²) in [5.74, 6) is 0.786. The second kappa shape index (κ2) is 12.8. The number of hydrogen-bond acceptors (Lipinski definition) is 3. The van der Waals surface area contributed by atoms with Crippen molar-refractivity contribution in [2.75, 3.05) is 17.3 Å². The van der Waals surface area contributed by atoms with Crippen LogP contribution in [0.5, 0.6) is 0 Å². The molecular formula is C36H35ClN4O2. The molecule has 4 aromatic carbocycles. The summed E-state index contributed by atoms with van der Waals surface area (Å²) in [6, 6.07) is 33.5. The van der Waals surface area contributed by atoms with Gasteiger partial charge in [-0.3, -0.25) is 14.9 Å². The van der Waals surface area contributed by atoms with E-state index in [1.165, 1.54) is 24.0 Å². The Hall–Kier alpha value is -4.42. The average molecular weight is 591 g/mol. The van der Waals surface area contributed by atoms with Crippen LogP contribution in [0.3, 0.4) is 0 Å². The van der Waals surface area contributed by atoms with Crippen molar-refractivity contribution < 1.29 is 9.59 Å². The average Bonchev–Trinajstić information content (AvgIpc) is 3.67. The predicted octanol–water partition coefficient (Wildman–Crippen LogP) is 8.32. The third-order valence-corrected chi connectivity index (χ3v) is 8.78. The van der Waals surface area contributed by atoms with Gasteiger partial charge < -0.3 is 9.47 Å². The Bertz CT molecular complexity index is 1670. The van der Waals surface area contributed by atoms with E-state index in [9.17, 15) is 9.59 Å². The summed E-state index contributed by atoms with van der Waals surface area (Å²) in [6.07, 6.45) is 5.25. The van der Waals surface area contributed by atoms with E-state index in [4.69, 9.17) is 16.6 Å². The number of aromatic nitrogens is 2. The third kappa shape index (κ3) is 6.50. The van der Waals surface area contributed by atoms with Crippen LogP contribution in [0, 0.1) is 5.92 Å². The molecule has 0 aliphatic heterocycles. The molecule has 1 heterocycles. The molecule has 1 aliphatic carbocycles. The van der Waals surface area contributed by atoms with Gasteiger partial charge in [0, 0.05) is 42.2 Å². The molecule has 5 aromatic rings. The fourth-order valence-corrected chi connectivity index (χ4v) is 6.21. The van der Waals surface area contributed by atoms with Gasteiger partial charge in [0.15, 0.2) is 0 Å². The van der Waals surface area contributed by atoms with Gasteiger partial charge in [-0.2, -0.15) is 0 Å². The Morgan fingerprint density at radius 1 is 0.907 bits per heavy atom. The molecule has 1 fully saturated rings. The zero-order valence-electron chi connectivity index (χ0n) is 24.2. The van der Waals surface area contributed by atoms with Gasteiger partial charge in [0.05, 0.1) is 11.0 Å². The minimum atomic E-state index is -0.270. The highest BCUT2D eigenvalue weighted by atomic mass is 35.5. The van der Waals surface area contributed by atoms with Gasteiger partial charge in [-0.15, -0.1) is 0 Å². The molecule has 0 spiro atoms. The van der Waals surface area contributed by atoms with Crippen LogP contribution in [0.2, 0.25) is 5.02 Å². The highest BCUT2D eigenvalue weighted by Crippen LogP contribution is 2.33. The molecule has 1 aliphatic rings. The number of nitrogens with one attached hydrogen (secondary N) is 1. The lowest BCUT2D eigenvalue weighted by Gasteiger charge is -2.21. The first-order valence-corrected chi connectivity index (χ1v) is 15.3. The van der Waals surface area contributed by atoms with Crippen molar-refractivity contribution in [1.82, 2.24) is 9.55 Å². The van der Waals surface area contributed by atoms with E-state index in [1.807, 2.05) is 61.6 Å². The first kappa shape index (κ1) is 28.7. The van der Waals surface area contributed by atoms with Crippen LogP contribution in [-0.2, 0) is 11.3 Å². The monoisotopic (exact) mass is 590 g/mol. The molecule has 6 nitrogen and oxygen atoms in total. The third-order valence-electron chi connectivity index (χ3n) is 8.53. The Morgan fingerprint density at radius 3 is 2.16 bits per heavy atom. The molecule has 0 bridgehead atoms. The first-order chi connectivity index (χ1) is 21.0. The number of amides is 2. The van der Waals surface area contributed by atoms with Crippen LogP contribution in [0.1, 0.15) is 59.5 Å². The Morgan fingerprint density at radius 2 is 1.53 bits per heavy atom. The summed E-state index contributed by atoms with van der Waals surface area (Å²) in [5, 5.41) is 3.62. The minimum absolute atomic E-state index is 0.0151. The zero-order valence-corrected chi connectivity index (χ0v) is 25.0. The summed E-state index contributed by atoms with van der Waals surface area (Å²) >= 11 is 6.06. The van der Waals surface area contributed by atoms with Gasteiger partial charge in [0.2, 0.25) is 11.9 Å². The standard InChI is InChI=1S/C36H35ClN4O2/c1-40(34(42)22-25-10-8-9-11-25)30-20-21-33-32(23-30)38-36(39-35(43)28-16-18-29(37)19-17-28)41(33)24-31(26-12-4-2-5-13-26)27-14-6-3-7-15-27/h2-7,12-21,23,25,31H,8-11,22,24H2,1H3,(H,38,39,43). The molecule has 1 aromatic heterocycles. The SMILES string of the molecule is CN(C(=O)CC1CCCC1)c1ccc2c(c1)nc(NC(=O)c1ccc(Cl)cc1)n2CC(c1ccccc1)c1ccccc1. The van der Waals surface area contributed by atoms with E-state index < -0.39 is 0 Å². The number of fused-ring (bicyclic) bond motifs is 1. The molecule has 0 atom stereocenters. The number of nitrogens with zero attached hydrogens (tertiary/aromatic N) is 3. The summed E-state index contributed by atoms with van der Waals surface area (Å²) in [5.41, 5.74) is 5.20. The van der Waals surface area contributed by atoms with Crippen LogP contribution in [-0.4, -0.2) is 28.4 Å². The van der Waals surface area contributed by atoms with E-state index >= 15 is 0 Å². The molecule has 43 heavy (non-hydrogen) atoms. The highest BCUT2D eigenvalue weighted by molar-refractivity contribution is 6.30. The van der Waals surface area contributed by atoms with Crippen LogP contribution < -0.4 is 10.2 Å². The summed E-state index contributed by atoms with van der Waals surface area (Å²) < 4.78 is 2.07. The summed E-state index contributed by atoms with van der Waals surface area (Å²) in [4.78, 5) is 33.1. The van der Waals surface area contributed by atoms with Crippen LogP contribution in [0.15, 0.2) is 103 Å². The Balaban J connectivity index is 1.38. The molecule has 218 valence electrons. The molecule has 1 N–H and O–H groups in total. The minimum Gasteiger partial charge on any atom is -0.315 e. The van der Waals surface area contributed by atoms with Crippen molar-refractivity contribution >= 4 is 46.1 Å². The molecular weight excluding hydrogens is 556 g/mol. The van der Waals surface area contributed by atoms with Gasteiger partial charge >= 0.3 is 0 Å². The lowest BCUT2D eigenvalue weighted by molar-refractivity contribution is -0.119. The number of carbonyl (C=O) groups excluding carboxylic acids is 2. The molecule has 0 radical (unpaired) electrons. The number of carbonyl (C=O) groups is 2. The number of halogens is 1. The van der Waals surface area contributed by atoms with Crippen molar-refractivity contribution in [3.05, 3.63) is 125 Å². The summed E-state index contributed by atoms with van der Waals surface area (Å²) in [7, 11) is 1.83. The fourth-order valence-electron chi connectivity index (χ4n) is 6.08. The second-order valence-corrected chi connectivity index (χ2v) is 11.8. The number of anilines is 2. The molecule has 0 unspecified atom stereocenters. The maximum Gasteiger partial charge on any atom is 0.257 e. The topological polar surface area (TPSA) is 67.2 Å². The predicted molar refractivity (Wildman–Crippen MR) is 174 cm³/mol. The quantitative estimate of drug-likeness (QED) is 0.188. The normalized spacial score (nSPS) is 13.5. The van der Waals surface area contributed by atoms with Crippen LogP contribution in [0.25, 0.3) is 11.0 Å². The van der Waals surface area contributed by atoms with E-state index in [1.54, 1.807) is 29.2 Å². The molecule has 0 saturated heterocycles. The lowest BCUT2D eigenvalue weighted by Crippen LogP contribution is -2.27. The smallest absolute Gasteiger partial charge is 0.257 e. The number of hydrogen-bond donors (Lipinski definition) is 1. The lowest BCUT2D eigenvalue weighted by atomic mass is 9.91. The van der Waals surface area contributed by atoms with E-state index in [0.29, 0.717) is 40.9 Å². The second-order valence-electron chi connectivity index (χ2n) is 11.4. The Labute approximate surface area is 257 Å². The molecule has 7 heteroatoms. The van der Waals surface area contributed by atoms with Crippen molar-refractivity contribution in [1.29, 1.82) is 0 Å².